The van der Waals surface area contributed by atoms with Crippen LogP contribution in [0.25, 0.3) is 0 Å². The summed E-state index contributed by atoms with van der Waals surface area (Å²) >= 11 is 0. The Morgan fingerprint density at radius 3 is 2.78 bits per heavy atom. The molecule has 1 unspecified atom stereocenters. The summed E-state index contributed by atoms with van der Waals surface area (Å²) in [6, 6.07) is 1.61. The summed E-state index contributed by atoms with van der Waals surface area (Å²) in [7, 11) is 0. The van der Waals surface area contributed by atoms with Gasteiger partial charge in [-0.1, -0.05) is 13.3 Å². The molecule has 1 aromatic rings. The molecular weight excluding hydrogens is 234 g/mol. The number of nitro groups is 1. The molecule has 100 valence electrons. The maximum atomic E-state index is 10.6. The summed E-state index contributed by atoms with van der Waals surface area (Å²) in [4.78, 5) is 14.1. The zero-order valence-corrected chi connectivity index (χ0v) is 10.9. The number of aromatic nitrogens is 1. The smallest absolute Gasteiger partial charge is 0.290 e. The molecule has 1 rings (SSSR count). The fourth-order valence-electron chi connectivity index (χ4n) is 1.74. The lowest BCUT2D eigenvalue weighted by atomic mass is 10.0. The van der Waals surface area contributed by atoms with Gasteiger partial charge in [-0.25, -0.2) is 4.98 Å². The van der Waals surface area contributed by atoms with E-state index in [4.69, 9.17) is 0 Å². The third-order valence-corrected chi connectivity index (χ3v) is 2.72. The molecule has 1 aromatic heterocycles. The van der Waals surface area contributed by atoms with Gasteiger partial charge in [0.2, 0.25) is 0 Å². The number of pyridine rings is 1. The van der Waals surface area contributed by atoms with Crippen molar-refractivity contribution in [2.45, 2.75) is 39.2 Å². The lowest BCUT2D eigenvalue weighted by Crippen LogP contribution is -2.33. The number of aryl methyl sites for hydroxylation is 1. The van der Waals surface area contributed by atoms with Crippen LogP contribution in [0.15, 0.2) is 12.3 Å². The highest BCUT2D eigenvalue weighted by molar-refractivity contribution is 5.46. The predicted molar refractivity (Wildman–Crippen MR) is 69.6 cm³/mol. The number of anilines is 1. The molecule has 0 aliphatic carbocycles. The van der Waals surface area contributed by atoms with Crippen molar-refractivity contribution in [1.29, 1.82) is 0 Å². The molecule has 0 fully saturated rings. The number of rotatable bonds is 6. The van der Waals surface area contributed by atoms with E-state index in [-0.39, 0.29) is 5.69 Å². The molecule has 1 heterocycles. The van der Waals surface area contributed by atoms with Crippen LogP contribution in [0.1, 0.15) is 32.3 Å². The summed E-state index contributed by atoms with van der Waals surface area (Å²) in [5.74, 6) is 0.537. The van der Waals surface area contributed by atoms with E-state index in [0.29, 0.717) is 24.3 Å². The van der Waals surface area contributed by atoms with Crippen molar-refractivity contribution in [2.75, 3.05) is 11.9 Å². The SMILES string of the molecule is CCCC(C)(O)CNc1cc(C)c([N+](=O)[O-])cn1. The summed E-state index contributed by atoms with van der Waals surface area (Å²) in [6.45, 7) is 5.78. The molecule has 6 nitrogen and oxygen atoms in total. The van der Waals surface area contributed by atoms with Crippen LogP contribution in [-0.2, 0) is 0 Å². The highest BCUT2D eigenvalue weighted by Gasteiger charge is 2.19. The third kappa shape index (κ3) is 3.96. The minimum atomic E-state index is -0.799. The lowest BCUT2D eigenvalue weighted by molar-refractivity contribution is -0.385. The van der Waals surface area contributed by atoms with Crippen LogP contribution in [0, 0.1) is 17.0 Å². The first-order chi connectivity index (χ1) is 8.35. The topological polar surface area (TPSA) is 88.3 Å². The highest BCUT2D eigenvalue weighted by atomic mass is 16.6. The van der Waals surface area contributed by atoms with Gasteiger partial charge in [-0.15, -0.1) is 0 Å². The quantitative estimate of drug-likeness (QED) is 0.599. The fraction of sp³-hybridized carbons (Fsp3) is 0.583. The van der Waals surface area contributed by atoms with E-state index in [1.807, 2.05) is 6.92 Å². The summed E-state index contributed by atoms with van der Waals surface area (Å²) < 4.78 is 0. The van der Waals surface area contributed by atoms with E-state index in [0.717, 1.165) is 6.42 Å². The summed E-state index contributed by atoms with van der Waals surface area (Å²) in [5, 5.41) is 23.6. The molecule has 0 saturated heterocycles. The van der Waals surface area contributed by atoms with Gasteiger partial charge in [0, 0.05) is 12.1 Å². The molecule has 0 bridgehead atoms. The van der Waals surface area contributed by atoms with Gasteiger partial charge in [0.1, 0.15) is 12.0 Å². The van der Waals surface area contributed by atoms with Crippen LogP contribution in [-0.4, -0.2) is 27.2 Å². The highest BCUT2D eigenvalue weighted by Crippen LogP contribution is 2.20. The Labute approximate surface area is 106 Å². The predicted octanol–water partition coefficient (Wildman–Crippen LogP) is 2.26. The Kier molecular flexibility index (Phi) is 4.61. The number of nitrogens with one attached hydrogen (secondary N) is 1. The van der Waals surface area contributed by atoms with Crippen LogP contribution < -0.4 is 5.32 Å². The van der Waals surface area contributed by atoms with E-state index in [9.17, 15) is 15.2 Å². The van der Waals surface area contributed by atoms with Crippen molar-refractivity contribution in [3.8, 4) is 0 Å². The van der Waals surface area contributed by atoms with Crippen LogP contribution in [0.4, 0.5) is 11.5 Å². The first-order valence-electron chi connectivity index (χ1n) is 5.93. The molecule has 0 aliphatic heterocycles. The maximum Gasteiger partial charge on any atom is 0.290 e. The van der Waals surface area contributed by atoms with Crippen molar-refractivity contribution < 1.29 is 10.0 Å². The second-order valence-corrected chi connectivity index (χ2v) is 4.71. The molecule has 0 aromatic carbocycles. The molecule has 6 heteroatoms. The average Bonchev–Trinajstić information content (AvgIpc) is 2.26. The Morgan fingerprint density at radius 2 is 2.28 bits per heavy atom. The van der Waals surface area contributed by atoms with Gasteiger partial charge in [0.15, 0.2) is 0 Å². The molecular formula is C12H19N3O3. The summed E-state index contributed by atoms with van der Waals surface area (Å²) in [6.07, 6.45) is 2.81. The number of nitrogens with zero attached hydrogens (tertiary/aromatic N) is 2. The Bertz CT molecular complexity index is 433. The van der Waals surface area contributed by atoms with Gasteiger partial charge in [0.05, 0.1) is 10.5 Å². The average molecular weight is 253 g/mol. The fourth-order valence-corrected chi connectivity index (χ4v) is 1.74. The van der Waals surface area contributed by atoms with Crippen molar-refractivity contribution in [2.24, 2.45) is 0 Å². The first-order valence-corrected chi connectivity index (χ1v) is 5.93. The largest absolute Gasteiger partial charge is 0.388 e. The maximum absolute atomic E-state index is 10.6. The van der Waals surface area contributed by atoms with Gasteiger partial charge in [-0.05, 0) is 26.3 Å². The second kappa shape index (κ2) is 5.77. The van der Waals surface area contributed by atoms with Gasteiger partial charge < -0.3 is 10.4 Å². The van der Waals surface area contributed by atoms with Gasteiger partial charge in [-0.3, -0.25) is 10.1 Å². The van der Waals surface area contributed by atoms with Crippen LogP contribution in [0.3, 0.4) is 0 Å². The van der Waals surface area contributed by atoms with Gasteiger partial charge in [0.25, 0.3) is 5.69 Å². The number of hydrogen-bond donors (Lipinski definition) is 2. The minimum absolute atomic E-state index is 0.000804. The van der Waals surface area contributed by atoms with Crippen molar-refractivity contribution in [1.82, 2.24) is 4.98 Å². The second-order valence-electron chi connectivity index (χ2n) is 4.71. The van der Waals surface area contributed by atoms with Gasteiger partial charge in [-0.2, -0.15) is 0 Å². The molecule has 2 N–H and O–H groups in total. The first kappa shape index (κ1) is 14.4. The van der Waals surface area contributed by atoms with E-state index in [1.165, 1.54) is 6.20 Å². The van der Waals surface area contributed by atoms with Crippen LogP contribution in [0.5, 0.6) is 0 Å². The van der Waals surface area contributed by atoms with E-state index < -0.39 is 10.5 Å². The molecule has 0 spiro atoms. The van der Waals surface area contributed by atoms with Crippen LogP contribution >= 0.6 is 0 Å². The van der Waals surface area contributed by atoms with Crippen molar-refractivity contribution in [3.05, 3.63) is 27.9 Å². The monoisotopic (exact) mass is 253 g/mol. The molecule has 0 saturated carbocycles. The number of aliphatic hydroxyl groups is 1. The van der Waals surface area contributed by atoms with E-state index >= 15 is 0 Å². The third-order valence-electron chi connectivity index (χ3n) is 2.72. The normalized spacial score (nSPS) is 14.0. The lowest BCUT2D eigenvalue weighted by Gasteiger charge is -2.23. The van der Waals surface area contributed by atoms with Gasteiger partial charge >= 0.3 is 0 Å². The minimum Gasteiger partial charge on any atom is -0.388 e. The zero-order valence-electron chi connectivity index (χ0n) is 10.9. The molecule has 0 radical (unpaired) electrons. The Balaban J connectivity index is 2.70. The Hall–Kier alpha value is -1.69. The molecule has 0 aliphatic rings. The molecule has 18 heavy (non-hydrogen) atoms. The van der Waals surface area contributed by atoms with Crippen molar-refractivity contribution >= 4 is 11.5 Å². The standard InChI is InChI=1S/C12H19N3O3/c1-4-5-12(3,16)8-14-11-6-9(2)10(7-13-11)15(17)18/h6-7,16H,4-5,8H2,1-3H3,(H,13,14). The summed E-state index contributed by atoms with van der Waals surface area (Å²) in [5.41, 5.74) is -0.250. The molecule has 0 amide bonds. The van der Waals surface area contributed by atoms with E-state index in [1.54, 1.807) is 19.9 Å². The van der Waals surface area contributed by atoms with E-state index in [2.05, 4.69) is 10.3 Å². The zero-order chi connectivity index (χ0) is 13.8. The van der Waals surface area contributed by atoms with Crippen molar-refractivity contribution in [3.63, 3.8) is 0 Å². The number of hydrogen-bond acceptors (Lipinski definition) is 5. The van der Waals surface area contributed by atoms with Crippen LogP contribution in [0.2, 0.25) is 0 Å². The Morgan fingerprint density at radius 1 is 1.61 bits per heavy atom. The molecule has 1 atom stereocenters.